The molecule has 1 unspecified atom stereocenters. The molecule has 0 fully saturated rings. The molecular weight excluding hydrogens is 124 g/mol. The predicted molar refractivity (Wildman–Crippen MR) is 39.8 cm³/mol. The van der Waals surface area contributed by atoms with E-state index in [9.17, 15) is 0 Å². The Morgan fingerprint density at radius 2 is 2.50 bits per heavy atom. The minimum absolute atomic E-state index is 0.455. The van der Waals surface area contributed by atoms with E-state index in [0.717, 1.165) is 17.5 Å². The van der Waals surface area contributed by atoms with Crippen molar-refractivity contribution in [3.63, 3.8) is 0 Å². The highest BCUT2D eigenvalue weighted by atomic mass is 16.5. The lowest BCUT2D eigenvalue weighted by molar-refractivity contribution is 0.111. The fraction of sp³-hybridized carbons (Fsp3) is 0.333. The molecule has 1 nitrogen and oxygen atoms in total. The topological polar surface area (TPSA) is 9.23 Å². The van der Waals surface area contributed by atoms with Crippen molar-refractivity contribution in [2.45, 2.75) is 13.0 Å². The first-order valence-corrected chi connectivity index (χ1v) is 3.40. The van der Waals surface area contributed by atoms with Gasteiger partial charge >= 0.3 is 0 Å². The molecule has 1 aliphatic heterocycles. The first-order valence-electron chi connectivity index (χ1n) is 4.48. The Balaban J connectivity index is 2.47. The van der Waals surface area contributed by atoms with Gasteiger partial charge in [0, 0.05) is 0 Å². The van der Waals surface area contributed by atoms with E-state index in [1.54, 1.807) is 12.1 Å². The largest absolute Gasteiger partial charge is 0.376 e. The average molecular weight is 136 g/mol. The molecule has 0 aliphatic carbocycles. The lowest BCUT2D eigenvalue weighted by Gasteiger charge is -2.14. The Kier molecular flexibility index (Phi) is 1.01. The summed E-state index contributed by atoms with van der Waals surface area (Å²) < 4.78 is 20.1. The summed E-state index contributed by atoms with van der Waals surface area (Å²) in [6.45, 7) is 0.0393. The van der Waals surface area contributed by atoms with E-state index in [1.807, 2.05) is 6.07 Å². The molecular formula is C9H10O. The van der Waals surface area contributed by atoms with Crippen LogP contribution in [-0.4, -0.2) is 6.61 Å². The summed E-state index contributed by atoms with van der Waals surface area (Å²) in [5.74, 6) is 0. The molecule has 1 heteroatoms. The lowest BCUT2D eigenvalue weighted by Crippen LogP contribution is -2.08. The Hall–Kier alpha value is -0.820. The molecule has 0 N–H and O–H groups in total. The van der Waals surface area contributed by atoms with Crippen molar-refractivity contribution in [1.82, 2.24) is 0 Å². The van der Waals surface area contributed by atoms with Crippen molar-refractivity contribution in [2.24, 2.45) is 0 Å². The van der Waals surface area contributed by atoms with Gasteiger partial charge in [0.05, 0.1) is 15.9 Å². The van der Waals surface area contributed by atoms with Crippen molar-refractivity contribution < 1.29 is 7.48 Å². The van der Waals surface area contributed by atoms with E-state index in [1.165, 1.54) is 0 Å². The summed E-state index contributed by atoms with van der Waals surface area (Å²) in [7, 11) is 0. The van der Waals surface area contributed by atoms with Crippen LogP contribution in [0, 0.1) is 0 Å². The number of benzene rings is 1. The Bertz CT molecular complexity index is 299. The van der Waals surface area contributed by atoms with Gasteiger partial charge in [0.1, 0.15) is 0 Å². The zero-order valence-corrected chi connectivity index (χ0v) is 5.63. The van der Waals surface area contributed by atoms with Gasteiger partial charge in [-0.05, 0) is 17.5 Å². The van der Waals surface area contributed by atoms with Gasteiger partial charge in [0.2, 0.25) is 0 Å². The second-order valence-corrected chi connectivity index (χ2v) is 2.36. The van der Waals surface area contributed by atoms with Crippen LogP contribution in [0.3, 0.4) is 0 Å². The third-order valence-electron chi connectivity index (χ3n) is 1.69. The predicted octanol–water partition coefficient (Wildman–Crippen LogP) is 1.76. The second-order valence-electron chi connectivity index (χ2n) is 2.36. The van der Waals surface area contributed by atoms with Gasteiger partial charge in [0.15, 0.2) is 0 Å². The van der Waals surface area contributed by atoms with Crippen LogP contribution in [0.5, 0.6) is 0 Å². The Morgan fingerprint density at radius 1 is 1.50 bits per heavy atom. The van der Waals surface area contributed by atoms with Gasteiger partial charge < -0.3 is 4.74 Å². The van der Waals surface area contributed by atoms with Crippen molar-refractivity contribution >= 4 is 0 Å². The standard InChI is InChI=1S/C9H10O/c1-2-4-9-7-10-6-5-8(9)3-1/h1-4H,5-7H2/i2D,7D. The van der Waals surface area contributed by atoms with Crippen molar-refractivity contribution in [3.05, 3.63) is 35.4 Å². The van der Waals surface area contributed by atoms with Crippen LogP contribution >= 0.6 is 0 Å². The van der Waals surface area contributed by atoms with Crippen molar-refractivity contribution in [3.8, 4) is 0 Å². The Labute approximate surface area is 63.4 Å². The minimum atomic E-state index is -0.584. The number of fused-ring (bicyclic) bond motifs is 1. The van der Waals surface area contributed by atoms with Crippen LogP contribution in [0.2, 0.25) is 0 Å². The van der Waals surface area contributed by atoms with Gasteiger partial charge in [0.25, 0.3) is 0 Å². The fourth-order valence-electron chi connectivity index (χ4n) is 1.13. The summed E-state index contributed by atoms with van der Waals surface area (Å²) in [5.41, 5.74) is 2.01. The molecule has 1 heterocycles. The van der Waals surface area contributed by atoms with Crippen LogP contribution in [0.15, 0.2) is 24.2 Å². The highest BCUT2D eigenvalue weighted by molar-refractivity contribution is 5.27. The second kappa shape index (κ2) is 2.43. The summed E-state index contributed by atoms with van der Waals surface area (Å²) in [6.07, 6.45) is 0.866. The van der Waals surface area contributed by atoms with Crippen LogP contribution in [0.25, 0.3) is 0 Å². The van der Waals surface area contributed by atoms with Gasteiger partial charge in [-0.15, -0.1) is 0 Å². The first kappa shape index (κ1) is 4.14. The SMILES string of the molecule is [2H]c1ccc2c(c1)C([2H])OCC2. The maximum Gasteiger partial charge on any atom is 0.0719 e. The molecule has 0 radical (unpaired) electrons. The molecule has 0 bridgehead atoms. The quantitative estimate of drug-likeness (QED) is 0.528. The lowest BCUT2D eigenvalue weighted by atomic mass is 10.0. The third kappa shape index (κ3) is 0.929. The number of ether oxygens (including phenoxy) is 1. The van der Waals surface area contributed by atoms with Crippen molar-refractivity contribution in [2.75, 3.05) is 6.61 Å². The monoisotopic (exact) mass is 136 g/mol. The smallest absolute Gasteiger partial charge is 0.0719 e. The summed E-state index contributed by atoms with van der Waals surface area (Å²) >= 11 is 0. The molecule has 10 heavy (non-hydrogen) atoms. The summed E-state index contributed by atoms with van der Waals surface area (Å²) in [6, 6.07) is 5.85. The summed E-state index contributed by atoms with van der Waals surface area (Å²) in [4.78, 5) is 0. The normalized spacial score (nSPS) is 26.6. The van der Waals surface area contributed by atoms with Crippen LogP contribution in [-0.2, 0) is 17.7 Å². The van der Waals surface area contributed by atoms with Crippen molar-refractivity contribution in [1.29, 1.82) is 0 Å². The molecule has 1 aromatic rings. The molecule has 52 valence electrons. The van der Waals surface area contributed by atoms with E-state index < -0.39 is 6.58 Å². The maximum absolute atomic E-state index is 7.54. The van der Waals surface area contributed by atoms with E-state index in [-0.39, 0.29) is 0 Å². The number of hydrogen-bond donors (Lipinski definition) is 0. The first-order chi connectivity index (χ1) is 5.77. The molecule has 1 atom stereocenters. The number of rotatable bonds is 0. The number of hydrogen-bond acceptors (Lipinski definition) is 1. The molecule has 1 aliphatic rings. The fourth-order valence-corrected chi connectivity index (χ4v) is 1.13. The van der Waals surface area contributed by atoms with E-state index >= 15 is 0 Å². The van der Waals surface area contributed by atoms with E-state index in [2.05, 4.69) is 0 Å². The van der Waals surface area contributed by atoms with Crippen LogP contribution < -0.4 is 0 Å². The molecule has 2 rings (SSSR count). The molecule has 0 saturated heterocycles. The molecule has 1 aromatic carbocycles. The Morgan fingerprint density at radius 3 is 3.50 bits per heavy atom. The van der Waals surface area contributed by atoms with Gasteiger partial charge in [-0.25, -0.2) is 0 Å². The van der Waals surface area contributed by atoms with Crippen LogP contribution in [0.4, 0.5) is 0 Å². The molecule has 0 spiro atoms. The highest BCUT2D eigenvalue weighted by Crippen LogP contribution is 2.14. The summed E-state index contributed by atoms with van der Waals surface area (Å²) in [5, 5.41) is 0. The highest BCUT2D eigenvalue weighted by Gasteiger charge is 2.06. The van der Waals surface area contributed by atoms with Gasteiger partial charge in [-0.3, -0.25) is 0 Å². The minimum Gasteiger partial charge on any atom is -0.376 e. The zero-order chi connectivity index (χ0) is 8.55. The maximum atomic E-state index is 7.54. The van der Waals surface area contributed by atoms with Gasteiger partial charge in [-0.1, -0.05) is 24.2 Å². The molecule has 0 saturated carbocycles. The average Bonchev–Trinajstić information content (AvgIpc) is 2.07. The zero-order valence-electron chi connectivity index (χ0n) is 7.63. The van der Waals surface area contributed by atoms with Crippen LogP contribution in [0.1, 0.15) is 13.9 Å². The van der Waals surface area contributed by atoms with Gasteiger partial charge in [-0.2, -0.15) is 0 Å². The van der Waals surface area contributed by atoms with E-state index in [4.69, 9.17) is 7.48 Å². The molecule has 0 aromatic heterocycles. The van der Waals surface area contributed by atoms with E-state index in [0.29, 0.717) is 12.6 Å². The molecule has 0 amide bonds. The third-order valence-corrected chi connectivity index (χ3v) is 1.69.